The third-order valence-electron chi connectivity index (χ3n) is 16.9. The Hall–Kier alpha value is -3.81. The molecule has 8 rings (SSSR count). The first-order valence-corrected chi connectivity index (χ1v) is 34.1. The summed E-state index contributed by atoms with van der Waals surface area (Å²) in [4.78, 5) is 22.5. The Bertz CT molecular complexity index is 2180. The molecule has 2 aliphatic carbocycles. The van der Waals surface area contributed by atoms with Gasteiger partial charge in [-0.3, -0.25) is 9.59 Å². The summed E-state index contributed by atoms with van der Waals surface area (Å²) in [5.41, 5.74) is 7.43. The first-order chi connectivity index (χ1) is 42.6. The quantitative estimate of drug-likeness (QED) is 0.0271. The van der Waals surface area contributed by atoms with E-state index in [0.717, 1.165) is 168 Å². The van der Waals surface area contributed by atoms with Gasteiger partial charge in [0.15, 0.2) is 25.2 Å². The molecule has 2 aromatic carbocycles. The molecule has 4 saturated heterocycles. The van der Waals surface area contributed by atoms with Crippen molar-refractivity contribution >= 4 is 23.5 Å². The average Bonchev–Trinajstić information content (AvgIpc) is 2.93. The Balaban J connectivity index is 0.000000296. The SMILES string of the molecule is CCN.CCNC(=O)CCC/C=C\C[C@@H]1[C@@H](/C=C/[C@H](CCc2ccccc2)OC2CCCCO2)[C@H](OC2CCCCO2)C[C@@H]1O.CCl.O=C(O)CCC/C=C\C[C@@H]1[C@@H](/C=C/[C@H](CCc2ccccc2)OC2CCCCO2)[C@H](OC2CCCCO2)C[C@@H]1O. The number of allylic oxidation sites excluding steroid dienone is 4. The van der Waals surface area contributed by atoms with Gasteiger partial charge in [-0.1, -0.05) is 116 Å². The molecule has 2 aromatic rings. The number of nitrogens with two attached hydrogens (primary N) is 1. The first-order valence-electron chi connectivity index (χ1n) is 33.4. The van der Waals surface area contributed by atoms with E-state index in [4.69, 9.17) is 48.7 Å². The van der Waals surface area contributed by atoms with Crippen molar-refractivity contribution < 1.29 is 62.8 Å². The second kappa shape index (κ2) is 45.4. The molecule has 0 bridgehead atoms. The number of benzene rings is 2. The van der Waals surface area contributed by atoms with Crippen LogP contribution in [0.3, 0.4) is 0 Å². The zero-order chi connectivity index (χ0) is 62.1. The molecule has 4 unspecified atom stereocenters. The molecule has 16 heteroatoms. The molecule has 14 atom stereocenters. The van der Waals surface area contributed by atoms with Gasteiger partial charge in [-0.2, -0.15) is 0 Å². The van der Waals surface area contributed by atoms with E-state index in [-0.39, 0.29) is 85.6 Å². The zero-order valence-corrected chi connectivity index (χ0v) is 53.7. The molecule has 87 heavy (non-hydrogen) atoms. The van der Waals surface area contributed by atoms with Crippen LogP contribution in [-0.4, -0.2) is 135 Å². The maximum atomic E-state index is 11.7. The predicted molar refractivity (Wildman–Crippen MR) is 345 cm³/mol. The molecule has 0 radical (unpaired) electrons. The fourth-order valence-electron chi connectivity index (χ4n) is 12.3. The molecule has 0 aromatic heterocycles. The van der Waals surface area contributed by atoms with Gasteiger partial charge >= 0.3 is 5.97 Å². The van der Waals surface area contributed by atoms with E-state index in [1.807, 2.05) is 32.1 Å². The fraction of sp³-hybridized carbons (Fsp3) is 0.690. The number of carboxylic acid groups (broad SMARTS) is 1. The standard InChI is InChI=1S/C35H53NO6.C33H48O7.C2H7N.CH3Cl/c1-2-36-33(38)17-9-4-3-8-16-29-30(32(26-31(29)37)42-35-19-11-13-25-40-35)23-22-28(41-34-18-10-12-24-39-34)21-20-27-14-6-5-7-15-27;34-29-24-30(40-33-17-9-11-23-38-33)28(27(29)14-6-1-2-7-15-31(35)36)21-20-26(39-32-16-8-10-22-37-32)19-18-25-12-4-3-5-13-25;1-2-3;1-2/h3,5-8,14-15,22-23,28-32,34-35,37H,2,4,9-13,16-21,24-26H2,1H3,(H,36,38);1,3-6,12-13,20-21,26-30,32-34H,2,7-11,14-19,22-24H2,(H,35,36);2-3H2,1H3;1H3/b8-3-,23-22+;6-1-,21-20+;;/t28-,29+,30+,31-,32+,34?,35?;26-,27+,28+,29-,30+,32?,33?;;/m00../s1. The van der Waals surface area contributed by atoms with Crippen LogP contribution in [0.4, 0.5) is 0 Å². The largest absolute Gasteiger partial charge is 0.481 e. The highest BCUT2D eigenvalue weighted by atomic mass is 35.5. The van der Waals surface area contributed by atoms with Crippen LogP contribution in [0.1, 0.15) is 179 Å². The number of carbonyl (C=O) groups excluding carboxylic acids is 1. The Morgan fingerprint density at radius 3 is 1.36 bits per heavy atom. The lowest BCUT2D eigenvalue weighted by atomic mass is 9.89. The highest BCUT2D eigenvalue weighted by molar-refractivity contribution is 6.15. The third kappa shape index (κ3) is 29.8. The van der Waals surface area contributed by atoms with Crippen molar-refractivity contribution in [3.63, 3.8) is 0 Å². The number of unbranched alkanes of at least 4 members (excludes halogenated alkanes) is 2. The number of ether oxygens (including phenoxy) is 8. The van der Waals surface area contributed by atoms with E-state index in [1.165, 1.54) is 17.5 Å². The van der Waals surface area contributed by atoms with Crippen LogP contribution in [-0.2, 0) is 60.3 Å². The maximum Gasteiger partial charge on any atom is 0.303 e. The van der Waals surface area contributed by atoms with Gasteiger partial charge in [0.2, 0.25) is 5.91 Å². The van der Waals surface area contributed by atoms with Gasteiger partial charge in [-0.25, -0.2) is 0 Å². The molecule has 6 aliphatic rings. The van der Waals surface area contributed by atoms with Crippen LogP contribution in [0.15, 0.2) is 109 Å². The molecule has 4 aliphatic heterocycles. The van der Waals surface area contributed by atoms with Crippen LogP contribution in [0.2, 0.25) is 0 Å². The van der Waals surface area contributed by atoms with E-state index >= 15 is 0 Å². The smallest absolute Gasteiger partial charge is 0.303 e. The number of rotatable bonds is 31. The number of carbonyl (C=O) groups is 2. The number of hydrogen-bond donors (Lipinski definition) is 5. The Kier molecular flexibility index (Phi) is 38.6. The number of aliphatic hydroxyl groups is 2. The van der Waals surface area contributed by atoms with Crippen molar-refractivity contribution in [2.75, 3.05) is 45.9 Å². The summed E-state index contributed by atoms with van der Waals surface area (Å²) in [5, 5.41) is 34.0. The van der Waals surface area contributed by atoms with Crippen LogP contribution in [0, 0.1) is 23.7 Å². The minimum atomic E-state index is -0.766. The molecule has 6 fully saturated rings. The van der Waals surface area contributed by atoms with Crippen molar-refractivity contribution in [1.82, 2.24) is 5.32 Å². The van der Waals surface area contributed by atoms with E-state index in [9.17, 15) is 19.8 Å². The van der Waals surface area contributed by atoms with Crippen LogP contribution in [0.5, 0.6) is 0 Å². The van der Waals surface area contributed by atoms with E-state index in [0.29, 0.717) is 32.2 Å². The van der Waals surface area contributed by atoms with Crippen molar-refractivity contribution in [2.45, 2.75) is 243 Å². The number of aryl methyl sites for hydroxylation is 2. The van der Waals surface area contributed by atoms with Gasteiger partial charge < -0.3 is 64.3 Å². The van der Waals surface area contributed by atoms with Gasteiger partial charge in [0, 0.05) is 76.9 Å². The number of hydrogen-bond acceptors (Lipinski definition) is 13. The number of alkyl halides is 1. The van der Waals surface area contributed by atoms with Gasteiger partial charge in [0.1, 0.15) is 0 Å². The van der Waals surface area contributed by atoms with Gasteiger partial charge in [-0.15, -0.1) is 11.6 Å². The van der Waals surface area contributed by atoms with Gasteiger partial charge in [0.25, 0.3) is 0 Å². The molecule has 2 saturated carbocycles. The van der Waals surface area contributed by atoms with Crippen LogP contribution < -0.4 is 11.1 Å². The molecule has 4 heterocycles. The normalized spacial score (nSPS) is 28.3. The number of halogens is 1. The lowest BCUT2D eigenvalue weighted by Crippen LogP contribution is -2.31. The molecule has 1 amide bonds. The first kappa shape index (κ1) is 73.9. The Morgan fingerprint density at radius 1 is 0.598 bits per heavy atom. The lowest BCUT2D eigenvalue weighted by Gasteiger charge is -2.30. The van der Waals surface area contributed by atoms with Crippen LogP contribution in [0.25, 0.3) is 0 Å². The summed E-state index contributed by atoms with van der Waals surface area (Å²) in [6, 6.07) is 21.0. The van der Waals surface area contributed by atoms with Crippen LogP contribution >= 0.6 is 11.6 Å². The van der Waals surface area contributed by atoms with Gasteiger partial charge in [0.05, 0.1) is 36.6 Å². The van der Waals surface area contributed by atoms with E-state index in [1.54, 1.807) is 0 Å². The third-order valence-corrected chi connectivity index (χ3v) is 16.9. The number of carboxylic acids is 1. The zero-order valence-electron chi connectivity index (χ0n) is 53.0. The second-order valence-electron chi connectivity index (χ2n) is 23.7. The topological polar surface area (TPSA) is 207 Å². The van der Waals surface area contributed by atoms with Crippen molar-refractivity contribution in [3.8, 4) is 0 Å². The molecular formula is C71H111ClN2O13. The minimum Gasteiger partial charge on any atom is -0.481 e. The average molecular weight is 1240 g/mol. The highest BCUT2D eigenvalue weighted by Gasteiger charge is 2.44. The van der Waals surface area contributed by atoms with E-state index < -0.39 is 18.2 Å². The number of aliphatic carboxylic acids is 1. The molecular weight excluding hydrogens is 1120 g/mol. The van der Waals surface area contributed by atoms with Gasteiger partial charge in [-0.05, 0) is 178 Å². The summed E-state index contributed by atoms with van der Waals surface area (Å²) in [7, 11) is 0. The number of nitrogens with one attached hydrogen (secondary N) is 1. The molecule has 0 spiro atoms. The highest BCUT2D eigenvalue weighted by Crippen LogP contribution is 2.41. The number of aliphatic hydroxyl groups excluding tert-OH is 2. The van der Waals surface area contributed by atoms with Crippen molar-refractivity contribution in [1.29, 1.82) is 0 Å². The number of amides is 1. The maximum absolute atomic E-state index is 11.7. The fourth-order valence-corrected chi connectivity index (χ4v) is 12.3. The lowest BCUT2D eigenvalue weighted by molar-refractivity contribution is -0.193. The Labute approximate surface area is 527 Å². The summed E-state index contributed by atoms with van der Waals surface area (Å²) in [6.07, 6.45) is 39.0. The monoisotopic (exact) mass is 1230 g/mol. The van der Waals surface area contributed by atoms with Crippen molar-refractivity contribution in [2.24, 2.45) is 29.4 Å². The predicted octanol–water partition coefficient (Wildman–Crippen LogP) is 13.3. The summed E-state index contributed by atoms with van der Waals surface area (Å²) >= 11 is 4.64. The Morgan fingerprint density at radius 2 is 0.989 bits per heavy atom. The summed E-state index contributed by atoms with van der Waals surface area (Å²) in [5.74, 6) is -0.510. The van der Waals surface area contributed by atoms with E-state index in [2.05, 4.69) is 108 Å². The molecule has 490 valence electrons. The second-order valence-corrected chi connectivity index (χ2v) is 23.7. The minimum absolute atomic E-state index is 0.0151. The molecule has 6 N–H and O–H groups in total. The summed E-state index contributed by atoms with van der Waals surface area (Å²) in [6.45, 7) is 8.22. The molecule has 15 nitrogen and oxygen atoms in total. The van der Waals surface area contributed by atoms with Crippen molar-refractivity contribution in [3.05, 3.63) is 120 Å². The summed E-state index contributed by atoms with van der Waals surface area (Å²) < 4.78 is 49.6.